The molecule has 0 aliphatic rings. The van der Waals surface area contributed by atoms with Crippen molar-refractivity contribution in [2.75, 3.05) is 19.5 Å². The Bertz CT molecular complexity index is 1230. The second kappa shape index (κ2) is 8.75. The van der Waals surface area contributed by atoms with E-state index in [2.05, 4.69) is 15.3 Å². The number of pyridine rings is 1. The van der Waals surface area contributed by atoms with Gasteiger partial charge in [0.05, 0.1) is 31.1 Å². The molecule has 2 aromatic heterocycles. The fourth-order valence-electron chi connectivity index (χ4n) is 2.95. The minimum absolute atomic E-state index is 0.275. The van der Waals surface area contributed by atoms with Crippen LogP contribution in [0.3, 0.4) is 0 Å². The number of hydrogen-bond acceptors (Lipinski definition) is 6. The molecule has 0 aliphatic carbocycles. The largest absolute Gasteiger partial charge is 0.497 e. The van der Waals surface area contributed by atoms with Gasteiger partial charge in [0.1, 0.15) is 11.5 Å². The Balaban J connectivity index is 1.48. The molecule has 4 aromatic rings. The zero-order valence-corrected chi connectivity index (χ0v) is 17.3. The van der Waals surface area contributed by atoms with Gasteiger partial charge in [-0.25, -0.2) is 9.97 Å². The number of ether oxygens (including phenoxy) is 2. The lowest BCUT2D eigenvalue weighted by Crippen LogP contribution is -2.07. The van der Waals surface area contributed by atoms with Gasteiger partial charge in [-0.15, -0.1) is 11.3 Å². The second-order valence-corrected chi connectivity index (χ2v) is 7.21. The van der Waals surface area contributed by atoms with E-state index in [1.165, 1.54) is 17.4 Å². The number of rotatable bonds is 6. The van der Waals surface area contributed by atoms with Crippen molar-refractivity contribution in [2.24, 2.45) is 0 Å². The first kappa shape index (κ1) is 19.6. The predicted molar refractivity (Wildman–Crippen MR) is 120 cm³/mol. The van der Waals surface area contributed by atoms with E-state index < -0.39 is 0 Å². The summed E-state index contributed by atoms with van der Waals surface area (Å²) in [6, 6.07) is 17.2. The summed E-state index contributed by atoms with van der Waals surface area (Å²) in [4.78, 5) is 21.3. The van der Waals surface area contributed by atoms with Crippen LogP contribution in [0.1, 0.15) is 5.69 Å². The van der Waals surface area contributed by atoms with Gasteiger partial charge in [0.15, 0.2) is 5.13 Å². The number of nitrogens with zero attached hydrogens (tertiary/aromatic N) is 2. The molecule has 0 bridgehead atoms. The molecule has 0 atom stereocenters. The Morgan fingerprint density at radius 2 is 1.90 bits per heavy atom. The van der Waals surface area contributed by atoms with Crippen LogP contribution in [0, 0.1) is 0 Å². The fourth-order valence-corrected chi connectivity index (χ4v) is 3.67. The molecule has 0 aliphatic heterocycles. The molecule has 0 unspecified atom stereocenters. The topological polar surface area (TPSA) is 73.3 Å². The maximum atomic E-state index is 12.3. The zero-order chi connectivity index (χ0) is 20.9. The van der Waals surface area contributed by atoms with Crippen LogP contribution in [-0.2, 0) is 4.79 Å². The Morgan fingerprint density at radius 1 is 1.03 bits per heavy atom. The molecule has 0 radical (unpaired) electrons. The molecule has 1 N–H and O–H groups in total. The lowest BCUT2D eigenvalue weighted by molar-refractivity contribution is -0.111. The minimum Gasteiger partial charge on any atom is -0.497 e. The average Bonchev–Trinajstić information content (AvgIpc) is 3.25. The Kier molecular flexibility index (Phi) is 5.72. The Hall–Kier alpha value is -3.71. The minimum atomic E-state index is -0.275. The molecule has 0 saturated carbocycles. The number of thiazole rings is 1. The molecule has 7 heteroatoms. The summed E-state index contributed by atoms with van der Waals surface area (Å²) in [5.41, 5.74) is 3.09. The average molecular weight is 417 g/mol. The van der Waals surface area contributed by atoms with Gasteiger partial charge in [-0.05, 0) is 36.4 Å². The summed E-state index contributed by atoms with van der Waals surface area (Å²) in [5, 5.41) is 6.20. The summed E-state index contributed by atoms with van der Waals surface area (Å²) in [5.74, 6) is 1.11. The van der Waals surface area contributed by atoms with E-state index in [4.69, 9.17) is 9.47 Å². The Labute approximate surface area is 177 Å². The number of fused-ring (bicyclic) bond motifs is 1. The van der Waals surface area contributed by atoms with Crippen LogP contribution >= 0.6 is 11.3 Å². The van der Waals surface area contributed by atoms with Crippen molar-refractivity contribution in [3.63, 3.8) is 0 Å². The first-order valence-electron chi connectivity index (χ1n) is 9.19. The molecule has 0 saturated heterocycles. The number of amides is 1. The smallest absolute Gasteiger partial charge is 0.250 e. The SMILES string of the molecule is COc1ccc(OC)c(-c2csc(NC(=O)/C=C/c3ccc4ccccc4n3)n2)c1. The van der Waals surface area contributed by atoms with E-state index in [0.717, 1.165) is 16.5 Å². The maximum absolute atomic E-state index is 12.3. The molecule has 30 heavy (non-hydrogen) atoms. The number of methoxy groups -OCH3 is 2. The van der Waals surface area contributed by atoms with Crippen molar-refractivity contribution < 1.29 is 14.3 Å². The molecule has 150 valence electrons. The molecular weight excluding hydrogens is 398 g/mol. The highest BCUT2D eigenvalue weighted by atomic mass is 32.1. The highest BCUT2D eigenvalue weighted by Crippen LogP contribution is 2.35. The van der Waals surface area contributed by atoms with Crippen molar-refractivity contribution in [2.45, 2.75) is 0 Å². The number of carbonyl (C=O) groups excluding carboxylic acids is 1. The molecule has 6 nitrogen and oxygen atoms in total. The van der Waals surface area contributed by atoms with Gasteiger partial charge >= 0.3 is 0 Å². The Morgan fingerprint density at radius 3 is 2.73 bits per heavy atom. The third-order valence-electron chi connectivity index (χ3n) is 4.44. The molecule has 2 aromatic carbocycles. The number of para-hydroxylation sites is 1. The molecule has 2 heterocycles. The second-order valence-electron chi connectivity index (χ2n) is 6.36. The number of benzene rings is 2. The van der Waals surface area contributed by atoms with Gasteiger partial charge in [0, 0.05) is 22.4 Å². The molecular formula is C23H19N3O3S. The van der Waals surface area contributed by atoms with Crippen LogP contribution < -0.4 is 14.8 Å². The van der Waals surface area contributed by atoms with E-state index in [-0.39, 0.29) is 5.91 Å². The fraction of sp³-hybridized carbons (Fsp3) is 0.0870. The van der Waals surface area contributed by atoms with Gasteiger partial charge in [0.25, 0.3) is 0 Å². The van der Waals surface area contributed by atoms with E-state index in [1.807, 2.05) is 60.0 Å². The molecule has 1 amide bonds. The lowest BCUT2D eigenvalue weighted by atomic mass is 10.1. The third-order valence-corrected chi connectivity index (χ3v) is 5.20. The number of anilines is 1. The summed E-state index contributed by atoms with van der Waals surface area (Å²) in [6.07, 6.45) is 3.13. The first-order chi connectivity index (χ1) is 14.7. The van der Waals surface area contributed by atoms with E-state index in [9.17, 15) is 4.79 Å². The monoisotopic (exact) mass is 417 g/mol. The predicted octanol–water partition coefficient (Wildman–Crippen LogP) is 5.03. The summed E-state index contributed by atoms with van der Waals surface area (Å²) >= 11 is 1.34. The van der Waals surface area contributed by atoms with Crippen LogP contribution in [0.4, 0.5) is 5.13 Å². The quantitative estimate of drug-likeness (QED) is 0.446. The molecule has 0 fully saturated rings. The normalized spacial score (nSPS) is 11.0. The van der Waals surface area contributed by atoms with Crippen LogP contribution in [0.25, 0.3) is 28.2 Å². The van der Waals surface area contributed by atoms with Crippen molar-refractivity contribution in [3.8, 4) is 22.8 Å². The number of hydrogen-bond donors (Lipinski definition) is 1. The van der Waals surface area contributed by atoms with Gasteiger partial charge in [-0.1, -0.05) is 24.3 Å². The van der Waals surface area contributed by atoms with E-state index in [0.29, 0.717) is 28.0 Å². The van der Waals surface area contributed by atoms with Crippen molar-refractivity contribution in [1.29, 1.82) is 0 Å². The number of carbonyl (C=O) groups is 1. The number of aromatic nitrogens is 2. The summed E-state index contributed by atoms with van der Waals surface area (Å²) < 4.78 is 10.7. The van der Waals surface area contributed by atoms with Crippen LogP contribution in [0.5, 0.6) is 11.5 Å². The molecule has 0 spiro atoms. The highest BCUT2D eigenvalue weighted by Gasteiger charge is 2.12. The van der Waals surface area contributed by atoms with Crippen molar-refractivity contribution in [1.82, 2.24) is 9.97 Å². The third kappa shape index (κ3) is 4.31. The first-order valence-corrected chi connectivity index (χ1v) is 10.1. The van der Waals surface area contributed by atoms with Crippen LogP contribution in [0.15, 0.2) is 66.1 Å². The number of nitrogens with one attached hydrogen (secondary N) is 1. The maximum Gasteiger partial charge on any atom is 0.250 e. The van der Waals surface area contributed by atoms with Crippen LogP contribution in [0.2, 0.25) is 0 Å². The van der Waals surface area contributed by atoms with Gasteiger partial charge in [-0.3, -0.25) is 10.1 Å². The van der Waals surface area contributed by atoms with E-state index in [1.54, 1.807) is 20.3 Å². The van der Waals surface area contributed by atoms with Gasteiger partial charge in [0.2, 0.25) is 5.91 Å². The lowest BCUT2D eigenvalue weighted by Gasteiger charge is -2.08. The zero-order valence-electron chi connectivity index (χ0n) is 16.5. The van der Waals surface area contributed by atoms with Gasteiger partial charge in [-0.2, -0.15) is 0 Å². The summed E-state index contributed by atoms with van der Waals surface area (Å²) in [7, 11) is 3.21. The standard InChI is InChI=1S/C23H19N3O3S/c1-28-17-10-11-21(29-2)18(13-17)20-14-30-23(25-20)26-22(27)12-9-16-8-7-15-5-3-4-6-19(15)24-16/h3-14H,1-2H3,(H,25,26,27)/b12-9+. The van der Waals surface area contributed by atoms with Crippen molar-refractivity contribution in [3.05, 3.63) is 71.7 Å². The highest BCUT2D eigenvalue weighted by molar-refractivity contribution is 7.14. The van der Waals surface area contributed by atoms with Gasteiger partial charge < -0.3 is 9.47 Å². The summed E-state index contributed by atoms with van der Waals surface area (Å²) in [6.45, 7) is 0. The van der Waals surface area contributed by atoms with E-state index >= 15 is 0 Å². The van der Waals surface area contributed by atoms with Crippen molar-refractivity contribution >= 4 is 39.4 Å². The molecule has 4 rings (SSSR count). The van der Waals surface area contributed by atoms with Crippen LogP contribution in [-0.4, -0.2) is 30.1 Å².